The van der Waals surface area contributed by atoms with E-state index in [0.29, 0.717) is 17.4 Å². The Balaban J connectivity index is 1.82. The molecule has 18 heavy (non-hydrogen) atoms. The van der Waals surface area contributed by atoms with Gasteiger partial charge in [0.25, 0.3) is 0 Å². The second kappa shape index (κ2) is 4.63. The number of rotatable bonds is 2. The quantitative estimate of drug-likeness (QED) is 0.870. The van der Waals surface area contributed by atoms with Gasteiger partial charge in [0.2, 0.25) is 0 Å². The number of hydrogen-bond acceptors (Lipinski definition) is 2. The summed E-state index contributed by atoms with van der Waals surface area (Å²) in [6.07, 6.45) is 3.92. The molecule has 1 saturated carbocycles. The summed E-state index contributed by atoms with van der Waals surface area (Å²) in [6, 6.07) is 7.03. The van der Waals surface area contributed by atoms with Crippen molar-refractivity contribution in [3.05, 3.63) is 35.6 Å². The topological polar surface area (TPSA) is 21.3 Å². The minimum atomic E-state index is -0.153. The zero-order valence-corrected chi connectivity index (χ0v) is 10.8. The van der Waals surface area contributed by atoms with E-state index in [0.717, 1.165) is 25.9 Å². The molecule has 1 unspecified atom stereocenters. The predicted octanol–water partition coefficient (Wildman–Crippen LogP) is 2.70. The van der Waals surface area contributed by atoms with Crippen molar-refractivity contribution in [2.24, 2.45) is 5.41 Å². The number of benzene rings is 1. The third-order valence-corrected chi connectivity index (χ3v) is 4.76. The van der Waals surface area contributed by atoms with Crippen LogP contribution in [0.1, 0.15) is 30.7 Å². The molecule has 98 valence electrons. The molecule has 0 amide bonds. The largest absolute Gasteiger partial charge is 0.381 e. The Kier molecular flexibility index (Phi) is 3.12. The molecule has 2 nitrogen and oxygen atoms in total. The summed E-state index contributed by atoms with van der Waals surface area (Å²) in [6.45, 7) is 2.09. The first-order chi connectivity index (χ1) is 8.73. The van der Waals surface area contributed by atoms with Gasteiger partial charge in [0.05, 0.1) is 6.10 Å². The maximum atomic E-state index is 13.0. The molecule has 1 aliphatic heterocycles. The van der Waals surface area contributed by atoms with Crippen LogP contribution in [-0.4, -0.2) is 26.3 Å². The van der Waals surface area contributed by atoms with Crippen LogP contribution < -0.4 is 5.32 Å². The monoisotopic (exact) mass is 249 g/mol. The van der Waals surface area contributed by atoms with E-state index in [1.807, 2.05) is 12.1 Å². The van der Waals surface area contributed by atoms with Gasteiger partial charge < -0.3 is 10.1 Å². The zero-order valence-electron chi connectivity index (χ0n) is 10.8. The highest BCUT2D eigenvalue weighted by molar-refractivity contribution is 5.26. The van der Waals surface area contributed by atoms with Crippen molar-refractivity contribution < 1.29 is 9.13 Å². The van der Waals surface area contributed by atoms with Crippen molar-refractivity contribution in [1.29, 1.82) is 0 Å². The van der Waals surface area contributed by atoms with Crippen LogP contribution in [0.25, 0.3) is 0 Å². The van der Waals surface area contributed by atoms with Crippen LogP contribution >= 0.6 is 0 Å². The molecule has 1 aromatic rings. The number of hydrogen-bond donors (Lipinski definition) is 1. The van der Waals surface area contributed by atoms with Gasteiger partial charge in [-0.2, -0.15) is 0 Å². The summed E-state index contributed by atoms with van der Waals surface area (Å²) in [5.41, 5.74) is 1.64. The average molecular weight is 249 g/mol. The van der Waals surface area contributed by atoms with Crippen LogP contribution in [0.2, 0.25) is 0 Å². The molecule has 1 aliphatic carbocycles. The van der Waals surface area contributed by atoms with Crippen LogP contribution in [0.3, 0.4) is 0 Å². The van der Waals surface area contributed by atoms with Crippen molar-refractivity contribution in [2.45, 2.75) is 31.3 Å². The van der Waals surface area contributed by atoms with Crippen molar-refractivity contribution >= 4 is 0 Å². The highest BCUT2D eigenvalue weighted by atomic mass is 19.1. The van der Waals surface area contributed by atoms with Gasteiger partial charge in [-0.3, -0.25) is 0 Å². The average Bonchev–Trinajstić information content (AvgIpc) is 2.37. The summed E-state index contributed by atoms with van der Waals surface area (Å²) >= 11 is 0. The van der Waals surface area contributed by atoms with Gasteiger partial charge in [-0.1, -0.05) is 12.1 Å². The summed E-state index contributed by atoms with van der Waals surface area (Å²) in [5.74, 6) is 0.346. The third-order valence-electron chi connectivity index (χ3n) is 4.76. The number of ether oxygens (including phenoxy) is 1. The van der Waals surface area contributed by atoms with Gasteiger partial charge in [0.15, 0.2) is 0 Å². The van der Waals surface area contributed by atoms with E-state index < -0.39 is 0 Å². The van der Waals surface area contributed by atoms with E-state index in [4.69, 9.17) is 4.74 Å². The number of piperidine rings is 1. The van der Waals surface area contributed by atoms with Crippen molar-refractivity contribution in [3.63, 3.8) is 0 Å². The van der Waals surface area contributed by atoms with E-state index in [1.54, 1.807) is 19.2 Å². The smallest absolute Gasteiger partial charge is 0.123 e. The lowest BCUT2D eigenvalue weighted by molar-refractivity contribution is -0.0851. The molecule has 1 N–H and O–H groups in total. The number of halogens is 1. The summed E-state index contributed by atoms with van der Waals surface area (Å²) < 4.78 is 18.5. The van der Waals surface area contributed by atoms with Crippen molar-refractivity contribution in [1.82, 2.24) is 5.32 Å². The molecule has 1 aromatic carbocycles. The maximum Gasteiger partial charge on any atom is 0.123 e. The molecule has 2 fully saturated rings. The second-order valence-corrected chi connectivity index (χ2v) is 5.69. The molecule has 1 heterocycles. The van der Waals surface area contributed by atoms with E-state index in [-0.39, 0.29) is 5.82 Å². The van der Waals surface area contributed by atoms with Crippen LogP contribution in [0.15, 0.2) is 24.3 Å². The Bertz CT molecular complexity index is 411. The molecule has 0 aromatic heterocycles. The molecule has 2 aliphatic rings. The van der Waals surface area contributed by atoms with Crippen LogP contribution in [-0.2, 0) is 4.74 Å². The lowest BCUT2D eigenvalue weighted by Gasteiger charge is -2.54. The predicted molar refractivity (Wildman–Crippen MR) is 69.1 cm³/mol. The van der Waals surface area contributed by atoms with Crippen molar-refractivity contribution in [3.8, 4) is 0 Å². The van der Waals surface area contributed by atoms with E-state index in [2.05, 4.69) is 5.32 Å². The summed E-state index contributed by atoms with van der Waals surface area (Å²) in [4.78, 5) is 0. The lowest BCUT2D eigenvalue weighted by Crippen LogP contribution is -2.53. The summed E-state index contributed by atoms with van der Waals surface area (Å²) in [5, 5.41) is 3.47. The number of methoxy groups -OCH3 is 1. The Hall–Kier alpha value is -0.930. The first-order valence-electron chi connectivity index (χ1n) is 6.72. The SMILES string of the molecule is COC1CC2(CCNCC2c2ccc(F)cc2)C1. The lowest BCUT2D eigenvalue weighted by atomic mass is 9.55. The molecule has 0 radical (unpaired) electrons. The fraction of sp³-hybridized carbons (Fsp3) is 0.600. The third kappa shape index (κ3) is 1.95. The zero-order chi connectivity index (χ0) is 12.6. The van der Waals surface area contributed by atoms with Crippen LogP contribution in [0.4, 0.5) is 4.39 Å². The minimum absolute atomic E-state index is 0.153. The Labute approximate surface area is 108 Å². The first kappa shape index (κ1) is 12.1. The molecular formula is C15H20FNO. The standard InChI is InChI=1S/C15H20FNO/c1-18-13-8-15(9-13)6-7-17-10-14(15)11-2-4-12(16)5-3-11/h2-5,13-14,17H,6-10H2,1H3. The molecule has 1 saturated heterocycles. The van der Waals surface area contributed by atoms with Gasteiger partial charge in [-0.25, -0.2) is 4.39 Å². The maximum absolute atomic E-state index is 13.0. The van der Waals surface area contributed by atoms with Gasteiger partial charge >= 0.3 is 0 Å². The van der Waals surface area contributed by atoms with E-state index in [9.17, 15) is 4.39 Å². The normalized spacial score (nSPS) is 35.4. The number of nitrogens with one attached hydrogen (secondary N) is 1. The Morgan fingerprint density at radius 2 is 2.00 bits per heavy atom. The first-order valence-corrected chi connectivity index (χ1v) is 6.72. The Morgan fingerprint density at radius 1 is 1.28 bits per heavy atom. The van der Waals surface area contributed by atoms with E-state index >= 15 is 0 Å². The molecule has 3 heteroatoms. The summed E-state index contributed by atoms with van der Waals surface area (Å²) in [7, 11) is 1.80. The fourth-order valence-electron chi connectivity index (χ4n) is 3.64. The van der Waals surface area contributed by atoms with Gasteiger partial charge in [0.1, 0.15) is 5.82 Å². The van der Waals surface area contributed by atoms with Crippen LogP contribution in [0.5, 0.6) is 0 Å². The highest BCUT2D eigenvalue weighted by Gasteiger charge is 2.50. The van der Waals surface area contributed by atoms with Gasteiger partial charge in [-0.05, 0) is 48.9 Å². The fourth-order valence-corrected chi connectivity index (χ4v) is 3.64. The van der Waals surface area contributed by atoms with E-state index in [1.165, 1.54) is 12.0 Å². The van der Waals surface area contributed by atoms with Crippen LogP contribution in [0, 0.1) is 11.2 Å². The minimum Gasteiger partial charge on any atom is -0.381 e. The molecular weight excluding hydrogens is 229 g/mol. The van der Waals surface area contributed by atoms with Crippen molar-refractivity contribution in [2.75, 3.05) is 20.2 Å². The highest BCUT2D eigenvalue weighted by Crippen LogP contribution is 2.55. The molecule has 3 rings (SSSR count). The van der Waals surface area contributed by atoms with Gasteiger partial charge in [0, 0.05) is 19.6 Å². The second-order valence-electron chi connectivity index (χ2n) is 5.69. The molecule has 0 bridgehead atoms. The molecule has 1 spiro atoms. The Morgan fingerprint density at radius 3 is 2.67 bits per heavy atom. The molecule has 1 atom stereocenters. The van der Waals surface area contributed by atoms with Gasteiger partial charge in [-0.15, -0.1) is 0 Å².